The van der Waals surface area contributed by atoms with Crippen molar-refractivity contribution in [2.24, 2.45) is 0 Å². The molecule has 2 N–H and O–H groups in total. The van der Waals surface area contributed by atoms with Crippen LogP contribution in [0.1, 0.15) is 38.7 Å². The molecule has 0 radical (unpaired) electrons. The number of halogens is 2. The molecule has 0 saturated carbocycles. The van der Waals surface area contributed by atoms with E-state index in [1.165, 1.54) is 19.2 Å². The summed E-state index contributed by atoms with van der Waals surface area (Å²) >= 11 is 5.79. The van der Waals surface area contributed by atoms with Crippen LogP contribution in [0.3, 0.4) is 0 Å². The molecule has 0 bridgehead atoms. The van der Waals surface area contributed by atoms with Gasteiger partial charge in [-0.15, -0.1) is 0 Å². The van der Waals surface area contributed by atoms with Crippen LogP contribution >= 0.6 is 11.6 Å². The van der Waals surface area contributed by atoms with Crippen molar-refractivity contribution < 1.29 is 23.5 Å². The van der Waals surface area contributed by atoms with E-state index < -0.39 is 11.8 Å². The number of ether oxygens (including phenoxy) is 2. The van der Waals surface area contributed by atoms with Gasteiger partial charge in [-0.2, -0.15) is 0 Å². The molecule has 2 aromatic rings. The number of benzene rings is 2. The lowest BCUT2D eigenvalue weighted by atomic mass is 9.96. The number of morpholine rings is 1. The van der Waals surface area contributed by atoms with Crippen molar-refractivity contribution in [3.63, 3.8) is 0 Å². The number of hydrogen-bond donors (Lipinski definition) is 2. The van der Waals surface area contributed by atoms with Crippen LogP contribution in [0.15, 0.2) is 36.4 Å². The zero-order valence-corrected chi connectivity index (χ0v) is 19.9. The Morgan fingerprint density at radius 3 is 2.45 bits per heavy atom. The van der Waals surface area contributed by atoms with Crippen molar-refractivity contribution in [2.75, 3.05) is 35.7 Å². The third-order valence-electron chi connectivity index (χ3n) is 5.48. The van der Waals surface area contributed by atoms with Gasteiger partial charge in [0, 0.05) is 18.1 Å². The largest absolute Gasteiger partial charge is 0.469 e. The second kappa shape index (κ2) is 10.9. The zero-order chi connectivity index (χ0) is 24.1. The number of carbonyl (C=O) groups is 2. The van der Waals surface area contributed by atoms with Crippen LogP contribution in [0, 0.1) is 5.82 Å². The minimum atomic E-state index is -0.630. The standard InChI is InChI=1S/C24H29ClFN3O4/c1-14(9-23(30)32-4)17-5-8-22(29-12-15(2)33-16(3)13-29)21(10-17)28-24(31)27-20-7-6-18(25)11-19(20)26/h5-8,10-11,14-16H,9,12-13H2,1-4H3,(H2,27,28,31)/t14?,15-,16+. The van der Waals surface area contributed by atoms with Gasteiger partial charge in [0.1, 0.15) is 5.82 Å². The van der Waals surface area contributed by atoms with Crippen molar-refractivity contribution in [1.82, 2.24) is 0 Å². The van der Waals surface area contributed by atoms with E-state index in [2.05, 4.69) is 15.5 Å². The van der Waals surface area contributed by atoms with Crippen molar-refractivity contribution in [3.05, 3.63) is 52.8 Å². The number of urea groups is 1. The molecular weight excluding hydrogens is 449 g/mol. The van der Waals surface area contributed by atoms with Gasteiger partial charge in [0.25, 0.3) is 0 Å². The van der Waals surface area contributed by atoms with Crippen molar-refractivity contribution in [3.8, 4) is 0 Å². The quantitative estimate of drug-likeness (QED) is 0.544. The Bertz CT molecular complexity index is 1010. The topological polar surface area (TPSA) is 79.9 Å². The fourth-order valence-electron chi connectivity index (χ4n) is 3.93. The van der Waals surface area contributed by atoms with E-state index in [4.69, 9.17) is 21.1 Å². The summed E-state index contributed by atoms with van der Waals surface area (Å²) in [6.45, 7) is 7.22. The van der Waals surface area contributed by atoms with Crippen LogP contribution in [0.25, 0.3) is 0 Å². The summed E-state index contributed by atoms with van der Waals surface area (Å²) in [5.41, 5.74) is 2.25. The maximum Gasteiger partial charge on any atom is 0.323 e. The van der Waals surface area contributed by atoms with Gasteiger partial charge in [0.05, 0.1) is 42.8 Å². The number of methoxy groups -OCH3 is 1. The first kappa shape index (κ1) is 24.8. The molecule has 0 aromatic heterocycles. The molecule has 1 saturated heterocycles. The van der Waals surface area contributed by atoms with Gasteiger partial charge in [0.15, 0.2) is 0 Å². The first-order chi connectivity index (χ1) is 15.7. The summed E-state index contributed by atoms with van der Waals surface area (Å²) < 4.78 is 24.8. The Hall–Kier alpha value is -2.84. The fourth-order valence-corrected chi connectivity index (χ4v) is 4.09. The van der Waals surface area contributed by atoms with Gasteiger partial charge in [0.2, 0.25) is 0 Å². The molecule has 178 valence electrons. The molecule has 1 aliphatic rings. The molecule has 7 nitrogen and oxygen atoms in total. The van der Waals surface area contributed by atoms with Crippen LogP contribution in [0.5, 0.6) is 0 Å². The highest BCUT2D eigenvalue weighted by Crippen LogP contribution is 2.33. The molecule has 1 heterocycles. The maximum atomic E-state index is 14.1. The number of hydrogen-bond acceptors (Lipinski definition) is 5. The van der Waals surface area contributed by atoms with Crippen LogP contribution in [0.4, 0.5) is 26.2 Å². The second-order valence-corrected chi connectivity index (χ2v) is 8.76. The maximum absolute atomic E-state index is 14.1. The zero-order valence-electron chi connectivity index (χ0n) is 19.2. The average Bonchev–Trinajstić information content (AvgIpc) is 2.74. The van der Waals surface area contributed by atoms with E-state index in [9.17, 15) is 14.0 Å². The molecule has 0 aliphatic carbocycles. The molecule has 3 atom stereocenters. The smallest absolute Gasteiger partial charge is 0.323 e. The van der Waals surface area contributed by atoms with E-state index in [1.54, 1.807) is 0 Å². The number of rotatable bonds is 6. The highest BCUT2D eigenvalue weighted by molar-refractivity contribution is 6.30. The predicted octanol–water partition coefficient (Wildman–Crippen LogP) is 5.40. The normalized spacial score (nSPS) is 19.0. The SMILES string of the molecule is COC(=O)CC(C)c1ccc(N2C[C@@H](C)O[C@@H](C)C2)c(NC(=O)Nc2ccc(Cl)cc2F)c1. The highest BCUT2D eigenvalue weighted by atomic mass is 35.5. The Balaban J connectivity index is 1.88. The summed E-state index contributed by atoms with van der Waals surface area (Å²) in [5, 5.41) is 5.60. The van der Waals surface area contributed by atoms with Gasteiger partial charge in [-0.25, -0.2) is 9.18 Å². The lowest BCUT2D eigenvalue weighted by Crippen LogP contribution is -2.45. The van der Waals surface area contributed by atoms with Crippen LogP contribution < -0.4 is 15.5 Å². The third kappa shape index (κ3) is 6.58. The van der Waals surface area contributed by atoms with Crippen LogP contribution in [-0.2, 0) is 14.3 Å². The Kier molecular flexibility index (Phi) is 8.15. The molecule has 9 heteroatoms. The molecule has 1 aliphatic heterocycles. The minimum Gasteiger partial charge on any atom is -0.469 e. The van der Waals surface area contributed by atoms with E-state index in [1.807, 2.05) is 39.0 Å². The molecule has 3 rings (SSSR count). The van der Waals surface area contributed by atoms with Crippen molar-refractivity contribution in [2.45, 2.75) is 45.3 Å². The summed E-state index contributed by atoms with van der Waals surface area (Å²) in [7, 11) is 1.35. The molecule has 2 amide bonds. The minimum absolute atomic E-state index is 0.0160. The van der Waals surface area contributed by atoms with Gasteiger partial charge < -0.3 is 25.0 Å². The summed E-state index contributed by atoms with van der Waals surface area (Å²) in [6, 6.07) is 9.14. The monoisotopic (exact) mass is 477 g/mol. The molecular formula is C24H29ClFN3O4. The van der Waals surface area contributed by atoms with Gasteiger partial charge in [-0.05, 0) is 55.7 Å². The van der Waals surface area contributed by atoms with Crippen LogP contribution in [0.2, 0.25) is 5.02 Å². The molecule has 33 heavy (non-hydrogen) atoms. The first-order valence-electron chi connectivity index (χ1n) is 10.8. The number of carbonyl (C=O) groups excluding carboxylic acids is 2. The highest BCUT2D eigenvalue weighted by Gasteiger charge is 2.25. The molecule has 1 unspecified atom stereocenters. The number of nitrogens with one attached hydrogen (secondary N) is 2. The number of anilines is 3. The van der Waals surface area contributed by atoms with E-state index in [0.717, 1.165) is 17.3 Å². The fraction of sp³-hybridized carbons (Fsp3) is 0.417. The second-order valence-electron chi connectivity index (χ2n) is 8.32. The van der Waals surface area contributed by atoms with E-state index >= 15 is 0 Å². The van der Waals surface area contributed by atoms with Gasteiger partial charge in [-0.3, -0.25) is 4.79 Å². The summed E-state index contributed by atoms with van der Waals surface area (Å²) in [4.78, 5) is 26.6. The lowest BCUT2D eigenvalue weighted by molar-refractivity contribution is -0.140. The Morgan fingerprint density at radius 2 is 1.82 bits per heavy atom. The van der Waals surface area contributed by atoms with E-state index in [-0.39, 0.29) is 41.2 Å². The molecule has 0 spiro atoms. The lowest BCUT2D eigenvalue weighted by Gasteiger charge is -2.38. The van der Waals surface area contributed by atoms with Gasteiger partial charge >= 0.3 is 12.0 Å². The Morgan fingerprint density at radius 1 is 1.15 bits per heavy atom. The van der Waals surface area contributed by atoms with Crippen molar-refractivity contribution in [1.29, 1.82) is 0 Å². The van der Waals surface area contributed by atoms with Crippen molar-refractivity contribution >= 4 is 40.7 Å². The first-order valence-corrected chi connectivity index (χ1v) is 11.2. The third-order valence-corrected chi connectivity index (χ3v) is 5.71. The average molecular weight is 478 g/mol. The summed E-state index contributed by atoms with van der Waals surface area (Å²) in [6.07, 6.45) is 0.261. The van der Waals surface area contributed by atoms with Gasteiger partial charge in [-0.1, -0.05) is 24.6 Å². The molecule has 2 aromatic carbocycles. The number of nitrogens with zero attached hydrogens (tertiary/aromatic N) is 1. The molecule has 1 fully saturated rings. The number of esters is 1. The Labute approximate surface area is 198 Å². The predicted molar refractivity (Wildman–Crippen MR) is 128 cm³/mol. The number of amides is 2. The van der Waals surface area contributed by atoms with E-state index in [0.29, 0.717) is 18.8 Å². The van der Waals surface area contributed by atoms with Crippen LogP contribution in [-0.4, -0.2) is 44.4 Å². The summed E-state index contributed by atoms with van der Waals surface area (Å²) in [5.74, 6) is -1.06.